The fourth-order valence-electron chi connectivity index (χ4n) is 3.49. The van der Waals surface area contributed by atoms with Crippen molar-refractivity contribution < 1.29 is 18.8 Å². The molecule has 40 heavy (non-hydrogen) atoms. The van der Waals surface area contributed by atoms with Crippen molar-refractivity contribution in [3.63, 3.8) is 0 Å². The number of rotatable bonds is 10. The van der Waals surface area contributed by atoms with Crippen LogP contribution in [0.25, 0.3) is 16.6 Å². The topological polar surface area (TPSA) is 113 Å². The number of benzene rings is 2. The largest absolute Gasteiger partial charge is 0.465 e. The predicted octanol–water partition coefficient (Wildman–Crippen LogP) is 6.61. The van der Waals surface area contributed by atoms with Gasteiger partial charge in [0.25, 0.3) is 11.8 Å². The molecule has 0 saturated carbocycles. The molecule has 3 heterocycles. The molecule has 5 rings (SSSR count). The molecule has 0 bridgehead atoms. The highest BCUT2D eigenvalue weighted by Crippen LogP contribution is 2.29. The number of carbonyl (C=O) groups excluding carboxylic acids is 3. The van der Waals surface area contributed by atoms with Gasteiger partial charge in [0.15, 0.2) is 5.13 Å². The van der Waals surface area contributed by atoms with Crippen molar-refractivity contribution in [3.8, 4) is 10.6 Å². The van der Waals surface area contributed by atoms with Crippen LogP contribution in [-0.4, -0.2) is 28.5 Å². The molecule has 5 aromatic rings. The molecule has 11 heteroatoms. The van der Waals surface area contributed by atoms with E-state index in [1.807, 2.05) is 29.0 Å². The average Bonchev–Trinajstić information content (AvgIpc) is 3.76. The maximum absolute atomic E-state index is 13.2. The van der Waals surface area contributed by atoms with Gasteiger partial charge in [0.2, 0.25) is 5.91 Å². The molecular formula is C29H22N4O4S3. The summed E-state index contributed by atoms with van der Waals surface area (Å²) in [5.41, 5.74) is 1.78. The molecule has 0 spiro atoms. The van der Waals surface area contributed by atoms with E-state index in [9.17, 15) is 14.4 Å². The first-order chi connectivity index (χ1) is 19.5. The molecule has 0 aliphatic carbocycles. The van der Waals surface area contributed by atoms with Crippen LogP contribution in [0, 0.1) is 0 Å². The number of thiophene rings is 1. The van der Waals surface area contributed by atoms with Crippen molar-refractivity contribution in [2.75, 3.05) is 16.4 Å². The summed E-state index contributed by atoms with van der Waals surface area (Å²) in [5.74, 6) is -0.546. The van der Waals surface area contributed by atoms with Crippen LogP contribution in [-0.2, 0) is 9.59 Å². The van der Waals surface area contributed by atoms with Gasteiger partial charge in [0.1, 0.15) is 11.5 Å². The molecule has 0 saturated heterocycles. The number of furan rings is 1. The van der Waals surface area contributed by atoms with Gasteiger partial charge >= 0.3 is 0 Å². The van der Waals surface area contributed by atoms with Crippen LogP contribution in [0.15, 0.2) is 111 Å². The van der Waals surface area contributed by atoms with Gasteiger partial charge in [0.05, 0.1) is 22.6 Å². The standard InChI is InChI=1S/C29H22N4O4S3/c34-26(33-29-32-24(17-40-29)25-12-6-14-38-25)18-39-22-11-4-9-20(15-22)30-28(36)23(16-21-10-5-13-37-21)31-27(35)19-7-2-1-3-8-19/h1-17H,18H2,(H,30,36)(H,31,35)(H,32,33,34)/b23-16-. The number of thiazole rings is 1. The second-order valence-corrected chi connectivity index (χ2v) is 11.1. The van der Waals surface area contributed by atoms with Crippen molar-refractivity contribution in [2.45, 2.75) is 4.90 Å². The lowest BCUT2D eigenvalue weighted by molar-refractivity contribution is -0.114. The highest BCUT2D eigenvalue weighted by molar-refractivity contribution is 8.00. The number of aromatic nitrogens is 1. The molecule has 8 nitrogen and oxygen atoms in total. The average molecular weight is 587 g/mol. The van der Waals surface area contributed by atoms with Gasteiger partial charge in [-0.3, -0.25) is 14.4 Å². The van der Waals surface area contributed by atoms with Crippen LogP contribution in [0.3, 0.4) is 0 Å². The summed E-state index contributed by atoms with van der Waals surface area (Å²) in [6.45, 7) is 0. The quantitative estimate of drug-likeness (QED) is 0.125. The van der Waals surface area contributed by atoms with E-state index in [0.717, 1.165) is 15.5 Å². The smallest absolute Gasteiger partial charge is 0.272 e. The van der Waals surface area contributed by atoms with Gasteiger partial charge in [0, 0.05) is 27.6 Å². The SMILES string of the molecule is O=C(CSc1cccc(NC(=O)/C(=C/c2ccco2)NC(=O)c2ccccc2)c1)Nc1nc(-c2cccs2)cs1. The molecule has 0 aliphatic heterocycles. The van der Waals surface area contributed by atoms with E-state index >= 15 is 0 Å². The number of thioether (sulfide) groups is 1. The van der Waals surface area contributed by atoms with Gasteiger partial charge in [-0.05, 0) is 53.9 Å². The minimum atomic E-state index is -0.522. The second-order valence-electron chi connectivity index (χ2n) is 8.23. The second kappa shape index (κ2) is 13.1. The lowest BCUT2D eigenvalue weighted by Gasteiger charge is -2.12. The Morgan fingerprint density at radius 3 is 2.58 bits per heavy atom. The highest BCUT2D eigenvalue weighted by Gasteiger charge is 2.16. The Hall–Kier alpha value is -4.45. The summed E-state index contributed by atoms with van der Waals surface area (Å²) in [6, 6.07) is 23.0. The maximum atomic E-state index is 13.2. The summed E-state index contributed by atoms with van der Waals surface area (Å²) < 4.78 is 5.34. The highest BCUT2D eigenvalue weighted by atomic mass is 32.2. The number of nitrogens with zero attached hydrogens (tertiary/aromatic N) is 1. The summed E-state index contributed by atoms with van der Waals surface area (Å²) in [6.07, 6.45) is 2.94. The first-order valence-corrected chi connectivity index (χ1v) is 14.7. The number of anilines is 2. The molecule has 200 valence electrons. The van der Waals surface area contributed by atoms with E-state index in [4.69, 9.17) is 4.42 Å². The first kappa shape index (κ1) is 27.1. The lowest BCUT2D eigenvalue weighted by atomic mass is 10.2. The Balaban J connectivity index is 1.20. The number of hydrogen-bond donors (Lipinski definition) is 3. The third kappa shape index (κ3) is 7.35. The fourth-order valence-corrected chi connectivity index (χ4v) is 5.74. The molecule has 3 aromatic heterocycles. The molecule has 0 unspecified atom stereocenters. The molecule has 3 amide bonds. The van der Waals surface area contributed by atoms with E-state index in [1.165, 1.54) is 35.4 Å². The normalized spacial score (nSPS) is 11.2. The molecule has 3 N–H and O–H groups in total. The summed E-state index contributed by atoms with van der Waals surface area (Å²) in [5, 5.41) is 12.8. The molecule has 2 aromatic carbocycles. The predicted molar refractivity (Wildman–Crippen MR) is 160 cm³/mol. The fraction of sp³-hybridized carbons (Fsp3) is 0.0345. The third-order valence-electron chi connectivity index (χ3n) is 5.34. The number of carbonyl (C=O) groups is 3. The molecule has 0 fully saturated rings. The number of hydrogen-bond acceptors (Lipinski definition) is 8. The molecule has 0 aliphatic rings. The van der Waals surface area contributed by atoms with Crippen LogP contribution in [0.4, 0.5) is 10.8 Å². The third-order valence-corrected chi connectivity index (χ3v) is 7.99. The lowest BCUT2D eigenvalue weighted by Crippen LogP contribution is -2.30. The zero-order chi connectivity index (χ0) is 27.7. The number of nitrogens with one attached hydrogen (secondary N) is 3. The van der Waals surface area contributed by atoms with Gasteiger partial charge in [-0.15, -0.1) is 34.4 Å². The first-order valence-electron chi connectivity index (χ1n) is 12.0. The van der Waals surface area contributed by atoms with Crippen molar-refractivity contribution in [2.24, 2.45) is 0 Å². The van der Waals surface area contributed by atoms with Crippen LogP contribution >= 0.6 is 34.4 Å². The molecule has 0 atom stereocenters. The molecule has 0 radical (unpaired) electrons. The summed E-state index contributed by atoms with van der Waals surface area (Å²) in [7, 11) is 0. The number of amides is 3. The summed E-state index contributed by atoms with van der Waals surface area (Å²) >= 11 is 4.30. The van der Waals surface area contributed by atoms with Crippen LogP contribution in [0.1, 0.15) is 16.1 Å². The van der Waals surface area contributed by atoms with E-state index in [0.29, 0.717) is 22.1 Å². The van der Waals surface area contributed by atoms with Crippen molar-refractivity contribution in [3.05, 3.63) is 113 Å². The zero-order valence-electron chi connectivity index (χ0n) is 20.8. The maximum Gasteiger partial charge on any atom is 0.272 e. The Bertz CT molecular complexity index is 1630. The Kier molecular flexibility index (Phi) is 8.86. The van der Waals surface area contributed by atoms with Crippen LogP contribution < -0.4 is 16.0 Å². The van der Waals surface area contributed by atoms with E-state index in [2.05, 4.69) is 20.9 Å². The zero-order valence-corrected chi connectivity index (χ0v) is 23.3. The summed E-state index contributed by atoms with van der Waals surface area (Å²) in [4.78, 5) is 44.7. The monoisotopic (exact) mass is 586 g/mol. The van der Waals surface area contributed by atoms with E-state index in [1.54, 1.807) is 72.0 Å². The Labute approximate surface area is 242 Å². The van der Waals surface area contributed by atoms with Crippen molar-refractivity contribution >= 4 is 69.1 Å². The van der Waals surface area contributed by atoms with E-state index < -0.39 is 11.8 Å². The molecular weight excluding hydrogens is 565 g/mol. The van der Waals surface area contributed by atoms with Gasteiger partial charge in [-0.2, -0.15) is 0 Å². The Morgan fingerprint density at radius 2 is 1.80 bits per heavy atom. The van der Waals surface area contributed by atoms with Gasteiger partial charge in [-0.25, -0.2) is 4.98 Å². The van der Waals surface area contributed by atoms with Crippen molar-refractivity contribution in [1.82, 2.24) is 10.3 Å². The van der Waals surface area contributed by atoms with Crippen molar-refractivity contribution in [1.29, 1.82) is 0 Å². The van der Waals surface area contributed by atoms with Crippen LogP contribution in [0.2, 0.25) is 0 Å². The Morgan fingerprint density at radius 1 is 0.925 bits per heavy atom. The van der Waals surface area contributed by atoms with Crippen LogP contribution in [0.5, 0.6) is 0 Å². The van der Waals surface area contributed by atoms with E-state index in [-0.39, 0.29) is 17.4 Å². The minimum Gasteiger partial charge on any atom is -0.465 e. The van der Waals surface area contributed by atoms with Gasteiger partial charge in [-0.1, -0.05) is 30.3 Å². The van der Waals surface area contributed by atoms with Gasteiger partial charge < -0.3 is 20.4 Å². The minimum absolute atomic E-state index is 0.0200.